The second kappa shape index (κ2) is 15.2. The van der Waals surface area contributed by atoms with Crippen LogP contribution >= 0.6 is 11.6 Å². The Labute approximate surface area is 240 Å². The van der Waals surface area contributed by atoms with E-state index >= 15 is 0 Å². The van der Waals surface area contributed by atoms with Crippen molar-refractivity contribution in [1.82, 2.24) is 0 Å². The first-order valence-electron chi connectivity index (χ1n) is 13.4. The molecule has 2 aromatic rings. The first-order valence-corrected chi connectivity index (χ1v) is 13.8. The van der Waals surface area contributed by atoms with Gasteiger partial charge in [-0.1, -0.05) is 42.8 Å². The second-order valence-electron chi connectivity index (χ2n) is 9.45. The Hall–Kier alpha value is -3.65. The van der Waals surface area contributed by atoms with Crippen LogP contribution < -0.4 is 4.74 Å². The number of methoxy groups -OCH3 is 1. The number of aliphatic imine (C=N–C) groups is 1. The molecule has 40 heavy (non-hydrogen) atoms. The fourth-order valence-corrected chi connectivity index (χ4v) is 4.77. The van der Waals surface area contributed by atoms with Crippen molar-refractivity contribution < 1.29 is 33.3 Å². The number of unbranched alkanes of at least 4 members (excludes halogenated alkanes) is 1. The van der Waals surface area contributed by atoms with Crippen molar-refractivity contribution in [3.8, 4) is 5.75 Å². The summed E-state index contributed by atoms with van der Waals surface area (Å²) in [4.78, 5) is 41.7. The van der Waals surface area contributed by atoms with Crippen molar-refractivity contribution in [1.29, 1.82) is 0 Å². The van der Waals surface area contributed by atoms with Gasteiger partial charge in [0.05, 0.1) is 32.5 Å². The summed E-state index contributed by atoms with van der Waals surface area (Å²) >= 11 is 6.24. The van der Waals surface area contributed by atoms with E-state index in [4.69, 9.17) is 30.5 Å². The lowest BCUT2D eigenvalue weighted by Crippen LogP contribution is -2.36. The number of hydrogen-bond acceptors (Lipinski definition) is 8. The molecule has 3 rings (SSSR count). The molecule has 2 atom stereocenters. The zero-order chi connectivity index (χ0) is 29.1. The summed E-state index contributed by atoms with van der Waals surface area (Å²) in [6, 6.07) is 14.7. The minimum atomic E-state index is -0.763. The molecule has 1 heterocycles. The highest BCUT2D eigenvalue weighted by Gasteiger charge is 2.42. The van der Waals surface area contributed by atoms with Crippen LogP contribution in [0, 0.1) is 5.92 Å². The molecule has 1 aliphatic heterocycles. The number of rotatable bonds is 13. The topological polar surface area (TPSA) is 100 Å². The molecule has 0 aromatic heterocycles. The fraction of sp³-hybridized carbons (Fsp3) is 0.419. The Morgan fingerprint density at radius 2 is 1.68 bits per heavy atom. The molecule has 2 aromatic carbocycles. The van der Waals surface area contributed by atoms with Crippen LogP contribution in [0.1, 0.15) is 57.1 Å². The lowest BCUT2D eigenvalue weighted by molar-refractivity contribution is -0.144. The summed E-state index contributed by atoms with van der Waals surface area (Å²) in [6.45, 7) is 6.28. The van der Waals surface area contributed by atoms with Gasteiger partial charge in [-0.05, 0) is 62.1 Å². The SMILES string of the molecule is CCC(=O)OCCc1ccc(OCCCCOC(=O)C2=C(C)N=C(C)C(C(=O)OC)C2c2cccc(Cl)c2)cc1. The van der Waals surface area contributed by atoms with E-state index in [1.807, 2.05) is 30.3 Å². The van der Waals surface area contributed by atoms with Gasteiger partial charge in [-0.15, -0.1) is 0 Å². The number of hydrogen-bond donors (Lipinski definition) is 0. The number of carbonyl (C=O) groups excluding carboxylic acids is 3. The van der Waals surface area contributed by atoms with Crippen LogP contribution in [0.4, 0.5) is 0 Å². The molecular formula is C31H36ClNO7. The van der Waals surface area contributed by atoms with Gasteiger partial charge in [0.1, 0.15) is 11.7 Å². The van der Waals surface area contributed by atoms with Crippen molar-refractivity contribution in [2.24, 2.45) is 10.9 Å². The molecule has 8 nitrogen and oxygen atoms in total. The average Bonchev–Trinajstić information content (AvgIpc) is 2.94. The maximum Gasteiger partial charge on any atom is 0.336 e. The summed E-state index contributed by atoms with van der Waals surface area (Å²) in [6.07, 6.45) is 2.30. The van der Waals surface area contributed by atoms with E-state index in [2.05, 4.69) is 4.99 Å². The Kier molecular flexibility index (Phi) is 11.8. The number of esters is 3. The van der Waals surface area contributed by atoms with Gasteiger partial charge in [-0.25, -0.2) is 4.79 Å². The number of ether oxygens (including phenoxy) is 4. The molecule has 1 aliphatic rings. The van der Waals surface area contributed by atoms with E-state index in [0.717, 1.165) is 11.3 Å². The van der Waals surface area contributed by atoms with Crippen molar-refractivity contribution in [3.05, 3.63) is 76.0 Å². The normalized spacial score (nSPS) is 16.7. The second-order valence-corrected chi connectivity index (χ2v) is 9.88. The van der Waals surface area contributed by atoms with Gasteiger partial charge in [-0.3, -0.25) is 14.6 Å². The number of benzene rings is 2. The van der Waals surface area contributed by atoms with Crippen molar-refractivity contribution in [2.45, 2.75) is 52.4 Å². The lowest BCUT2D eigenvalue weighted by Gasteiger charge is -2.31. The Morgan fingerprint density at radius 1 is 0.950 bits per heavy atom. The molecule has 2 unspecified atom stereocenters. The lowest BCUT2D eigenvalue weighted by atomic mass is 9.75. The third-order valence-electron chi connectivity index (χ3n) is 6.62. The molecule has 0 saturated heterocycles. The Morgan fingerprint density at radius 3 is 2.35 bits per heavy atom. The molecule has 0 bridgehead atoms. The molecule has 214 valence electrons. The zero-order valence-electron chi connectivity index (χ0n) is 23.4. The predicted molar refractivity (Wildman–Crippen MR) is 153 cm³/mol. The largest absolute Gasteiger partial charge is 0.494 e. The van der Waals surface area contributed by atoms with Gasteiger partial charge < -0.3 is 18.9 Å². The zero-order valence-corrected chi connectivity index (χ0v) is 24.2. The van der Waals surface area contributed by atoms with Crippen LogP contribution in [-0.2, 0) is 35.0 Å². The predicted octanol–water partition coefficient (Wildman–Crippen LogP) is 5.86. The van der Waals surface area contributed by atoms with Crippen LogP contribution in [0.2, 0.25) is 5.02 Å². The number of allylic oxidation sites excluding steroid dienone is 1. The van der Waals surface area contributed by atoms with E-state index in [1.54, 1.807) is 39.0 Å². The van der Waals surface area contributed by atoms with Crippen LogP contribution in [0.15, 0.2) is 64.8 Å². The number of halogens is 1. The van der Waals surface area contributed by atoms with Crippen molar-refractivity contribution >= 4 is 35.2 Å². The highest BCUT2D eigenvalue weighted by molar-refractivity contribution is 6.30. The van der Waals surface area contributed by atoms with Gasteiger partial charge in [0.25, 0.3) is 0 Å². The molecule has 0 amide bonds. The van der Waals surface area contributed by atoms with E-state index in [1.165, 1.54) is 7.11 Å². The maximum absolute atomic E-state index is 13.3. The fourth-order valence-electron chi connectivity index (χ4n) is 4.57. The number of carbonyl (C=O) groups is 3. The van der Waals surface area contributed by atoms with Gasteiger partial charge in [0.2, 0.25) is 0 Å². The molecule has 0 spiro atoms. The summed E-state index contributed by atoms with van der Waals surface area (Å²) in [5.41, 5.74) is 3.16. The Balaban J connectivity index is 1.53. The first-order chi connectivity index (χ1) is 19.2. The van der Waals surface area contributed by atoms with Gasteiger partial charge in [-0.2, -0.15) is 0 Å². The molecule has 0 aliphatic carbocycles. The summed E-state index contributed by atoms with van der Waals surface area (Å²) in [5, 5.41) is 0.499. The van der Waals surface area contributed by atoms with Crippen molar-refractivity contribution in [2.75, 3.05) is 26.9 Å². The van der Waals surface area contributed by atoms with Crippen LogP contribution in [0.3, 0.4) is 0 Å². The highest BCUT2D eigenvalue weighted by Crippen LogP contribution is 2.40. The summed E-state index contributed by atoms with van der Waals surface area (Å²) in [5.74, 6) is -1.85. The molecule has 0 N–H and O–H groups in total. The average molecular weight is 570 g/mol. The third-order valence-corrected chi connectivity index (χ3v) is 6.85. The summed E-state index contributed by atoms with van der Waals surface area (Å²) in [7, 11) is 1.32. The van der Waals surface area contributed by atoms with Gasteiger partial charge >= 0.3 is 17.9 Å². The molecule has 0 saturated carbocycles. The number of nitrogens with zero attached hydrogens (tertiary/aromatic N) is 1. The van der Waals surface area contributed by atoms with Crippen LogP contribution in [0.5, 0.6) is 5.75 Å². The van der Waals surface area contributed by atoms with Crippen LogP contribution in [-0.4, -0.2) is 50.6 Å². The standard InChI is InChI=1S/C31H36ClNO7/c1-5-26(34)39-18-15-22-11-13-25(14-12-22)38-16-6-7-17-40-31(36)28-21(3)33-20(2)27(30(35)37-4)29(28)23-9-8-10-24(32)19-23/h8-14,19,27,29H,5-7,15-18H2,1-4H3. The van der Waals surface area contributed by atoms with E-state index in [0.29, 0.717) is 66.5 Å². The molecule has 0 radical (unpaired) electrons. The highest BCUT2D eigenvalue weighted by atomic mass is 35.5. The van der Waals surface area contributed by atoms with E-state index < -0.39 is 23.8 Å². The summed E-state index contributed by atoms with van der Waals surface area (Å²) < 4.78 is 21.6. The molecule has 0 fully saturated rings. The third kappa shape index (κ3) is 8.42. The van der Waals surface area contributed by atoms with Gasteiger partial charge in [0.15, 0.2) is 0 Å². The smallest absolute Gasteiger partial charge is 0.336 e. The van der Waals surface area contributed by atoms with E-state index in [9.17, 15) is 14.4 Å². The first kappa shape index (κ1) is 30.9. The molecular weight excluding hydrogens is 534 g/mol. The van der Waals surface area contributed by atoms with Gasteiger partial charge in [0, 0.05) is 35.2 Å². The van der Waals surface area contributed by atoms with Crippen LogP contribution in [0.25, 0.3) is 0 Å². The Bertz CT molecular complexity index is 1250. The minimum absolute atomic E-state index is 0.197. The minimum Gasteiger partial charge on any atom is -0.494 e. The van der Waals surface area contributed by atoms with Crippen molar-refractivity contribution in [3.63, 3.8) is 0 Å². The molecule has 9 heteroatoms. The monoisotopic (exact) mass is 569 g/mol. The van der Waals surface area contributed by atoms with E-state index in [-0.39, 0.29) is 12.6 Å². The maximum atomic E-state index is 13.3. The quantitative estimate of drug-likeness (QED) is 0.169.